The van der Waals surface area contributed by atoms with Gasteiger partial charge in [-0.2, -0.15) is 26.3 Å². The monoisotopic (exact) mass is 469 g/mol. The van der Waals surface area contributed by atoms with Crippen molar-refractivity contribution in [3.8, 4) is 11.5 Å². The van der Waals surface area contributed by atoms with E-state index in [-0.39, 0.29) is 11.5 Å². The molecule has 0 spiro atoms. The summed E-state index contributed by atoms with van der Waals surface area (Å²) in [4.78, 5) is 18.7. The Bertz CT molecular complexity index is 1160. The number of ketones is 1. The molecule has 0 amide bonds. The number of pyridine rings is 1. The number of aromatic nitrogens is 3. The maximum atomic E-state index is 13.1. The second kappa shape index (κ2) is 8.09. The molecule has 0 saturated carbocycles. The van der Waals surface area contributed by atoms with Crippen LogP contribution >= 0.6 is 0 Å². The molecule has 0 aliphatic rings. The number of carbonyl (C=O) groups excluding carboxylic acids is 1. The molecule has 0 atom stereocenters. The zero-order chi connectivity index (χ0) is 23.9. The van der Waals surface area contributed by atoms with Gasteiger partial charge in [0.05, 0.1) is 21.9 Å². The molecule has 0 saturated heterocycles. The molecule has 2 aromatic heterocycles. The normalized spacial score (nSPS) is 13.5. The first-order valence-electron chi connectivity index (χ1n) is 8.64. The van der Waals surface area contributed by atoms with Gasteiger partial charge in [0.1, 0.15) is 11.4 Å². The van der Waals surface area contributed by atoms with Crippen LogP contribution in [0.4, 0.5) is 26.3 Å². The van der Waals surface area contributed by atoms with Gasteiger partial charge in [0.2, 0.25) is 0 Å². The first-order chi connectivity index (χ1) is 14.0. The molecular weight excluding hydrogens is 452 g/mol. The lowest BCUT2D eigenvalue weighted by atomic mass is 10.2. The summed E-state index contributed by atoms with van der Waals surface area (Å²) in [6, 6.07) is 0.389. The zero-order valence-electron chi connectivity index (χ0n) is 16.7. The Balaban J connectivity index is 2.89. The van der Waals surface area contributed by atoms with Crippen LogP contribution in [0.15, 0.2) is 22.7 Å². The molecule has 170 valence electrons. The number of halogens is 6. The predicted octanol–water partition coefficient (Wildman–Crippen LogP) is 4.46. The van der Waals surface area contributed by atoms with Gasteiger partial charge in [-0.25, -0.2) is 13.4 Å². The van der Waals surface area contributed by atoms with Gasteiger partial charge in [-0.3, -0.25) is 9.78 Å². The lowest BCUT2D eigenvalue weighted by Crippen LogP contribution is -2.13. The van der Waals surface area contributed by atoms with Crippen molar-refractivity contribution in [2.45, 2.75) is 38.0 Å². The molecule has 0 unspecified atom stereocenters. The molecule has 2 heterocycles. The van der Waals surface area contributed by atoms with E-state index < -0.39 is 61.1 Å². The molecule has 31 heavy (non-hydrogen) atoms. The second-order valence-corrected chi connectivity index (χ2v) is 8.83. The fourth-order valence-electron chi connectivity index (χ4n) is 2.70. The highest BCUT2D eigenvalue weighted by Gasteiger charge is 2.35. The average molecular weight is 469 g/mol. The molecular formula is C18H17F6N3O3S. The van der Waals surface area contributed by atoms with Crippen molar-refractivity contribution in [3.63, 3.8) is 0 Å². The van der Waals surface area contributed by atoms with Crippen LogP contribution in [-0.2, 0) is 23.1 Å². The molecule has 2 aromatic rings. The quantitative estimate of drug-likeness (QED) is 0.477. The first-order valence-corrected chi connectivity index (χ1v) is 10.3. The van der Waals surface area contributed by atoms with Crippen molar-refractivity contribution in [2.75, 3.05) is 5.75 Å². The second-order valence-electron chi connectivity index (χ2n) is 6.58. The number of Topliss-reactive ketones (excluding diaryl/α,β-unsaturated/α-hetero) is 1. The third-order valence-electron chi connectivity index (χ3n) is 4.36. The van der Waals surface area contributed by atoms with Crippen LogP contribution in [0.2, 0.25) is 0 Å². The van der Waals surface area contributed by atoms with E-state index in [2.05, 4.69) is 9.97 Å². The minimum Gasteiger partial charge on any atom is -0.323 e. The van der Waals surface area contributed by atoms with Crippen LogP contribution < -0.4 is 0 Å². The van der Waals surface area contributed by atoms with Crippen LogP contribution in [0.3, 0.4) is 0 Å². The number of rotatable bonds is 5. The van der Waals surface area contributed by atoms with E-state index >= 15 is 0 Å². The molecule has 2 rings (SSSR count). The van der Waals surface area contributed by atoms with Gasteiger partial charge in [0.15, 0.2) is 21.4 Å². The third kappa shape index (κ3) is 4.97. The number of imidazole rings is 1. The molecule has 0 N–H and O–H groups in total. The fourth-order valence-corrected chi connectivity index (χ4v) is 3.75. The maximum Gasteiger partial charge on any atom is 0.417 e. The van der Waals surface area contributed by atoms with Gasteiger partial charge in [-0.15, -0.1) is 0 Å². The van der Waals surface area contributed by atoms with Crippen LogP contribution in [0, 0.1) is 0 Å². The molecule has 0 aromatic carbocycles. The minimum absolute atomic E-state index is 0.292. The molecule has 6 nitrogen and oxygen atoms in total. The van der Waals surface area contributed by atoms with Crippen LogP contribution in [0.1, 0.15) is 42.5 Å². The van der Waals surface area contributed by atoms with Gasteiger partial charge in [-0.1, -0.05) is 6.92 Å². The molecule has 13 heteroatoms. The first kappa shape index (κ1) is 24.6. The lowest BCUT2D eigenvalue weighted by Gasteiger charge is -2.12. The number of nitrogens with zero attached hydrogens (tertiary/aromatic N) is 3. The highest BCUT2D eigenvalue weighted by molar-refractivity contribution is 7.91. The Morgan fingerprint density at radius 3 is 2.19 bits per heavy atom. The Labute approximate surface area is 173 Å². The van der Waals surface area contributed by atoms with E-state index in [0.717, 1.165) is 18.4 Å². The molecule has 0 aliphatic carbocycles. The van der Waals surface area contributed by atoms with Crippen molar-refractivity contribution in [2.24, 2.45) is 7.05 Å². The number of hydrogen-bond acceptors (Lipinski definition) is 5. The van der Waals surface area contributed by atoms with Crippen molar-refractivity contribution >= 4 is 21.7 Å². The minimum atomic E-state index is -4.88. The summed E-state index contributed by atoms with van der Waals surface area (Å²) in [5, 5.41) is 0. The molecule has 0 bridgehead atoms. The van der Waals surface area contributed by atoms with Gasteiger partial charge in [-0.05, 0) is 19.1 Å². The summed E-state index contributed by atoms with van der Waals surface area (Å²) in [6.45, 7) is 3.02. The molecule has 0 fully saturated rings. The van der Waals surface area contributed by atoms with E-state index in [4.69, 9.17) is 0 Å². The molecule has 0 radical (unpaired) electrons. The number of allylic oxidation sites excluding steroid dienone is 1. The van der Waals surface area contributed by atoms with E-state index in [1.807, 2.05) is 0 Å². The topological polar surface area (TPSA) is 81.9 Å². The van der Waals surface area contributed by atoms with Gasteiger partial charge in [0.25, 0.3) is 0 Å². The third-order valence-corrected chi connectivity index (χ3v) is 6.10. The van der Waals surface area contributed by atoms with Crippen LogP contribution in [-0.4, -0.2) is 40.7 Å². The standard InChI is InChI=1S/C18H17F6N3O3S/c1-5-31(29,30)13-7-11(18(22,23)24)8-25-14(13)16-26-12(6-9(2)17(19,20)21)15(10(3)28)27(16)4/h6-8H,5H2,1-4H3/b9-6+. The predicted molar refractivity (Wildman–Crippen MR) is 98.9 cm³/mol. The Morgan fingerprint density at radius 1 is 1.16 bits per heavy atom. The van der Waals surface area contributed by atoms with Crippen LogP contribution in [0.5, 0.6) is 0 Å². The summed E-state index contributed by atoms with van der Waals surface area (Å²) in [6.07, 6.45) is -8.61. The van der Waals surface area contributed by atoms with E-state index in [0.29, 0.717) is 18.3 Å². The van der Waals surface area contributed by atoms with Gasteiger partial charge in [0, 0.05) is 25.7 Å². The van der Waals surface area contributed by atoms with Crippen molar-refractivity contribution in [1.29, 1.82) is 0 Å². The highest BCUT2D eigenvalue weighted by Crippen LogP contribution is 2.35. The summed E-state index contributed by atoms with van der Waals surface area (Å²) < 4.78 is 104. The Hall–Kier alpha value is -2.70. The summed E-state index contributed by atoms with van der Waals surface area (Å²) in [5.41, 5.74) is -3.62. The van der Waals surface area contributed by atoms with Crippen molar-refractivity contribution < 1.29 is 39.6 Å². The number of hydrogen-bond donors (Lipinski definition) is 0. The van der Waals surface area contributed by atoms with E-state index in [1.54, 1.807) is 0 Å². The Morgan fingerprint density at radius 2 is 1.74 bits per heavy atom. The number of alkyl halides is 6. The van der Waals surface area contributed by atoms with Gasteiger partial charge >= 0.3 is 12.4 Å². The fraction of sp³-hybridized carbons (Fsp3) is 0.389. The summed E-state index contributed by atoms with van der Waals surface area (Å²) in [7, 11) is -3.02. The van der Waals surface area contributed by atoms with Gasteiger partial charge < -0.3 is 4.57 Å². The smallest absolute Gasteiger partial charge is 0.323 e. The highest BCUT2D eigenvalue weighted by atomic mass is 32.2. The molecule has 0 aliphatic heterocycles. The lowest BCUT2D eigenvalue weighted by molar-refractivity contribution is -0.138. The summed E-state index contributed by atoms with van der Waals surface area (Å²) >= 11 is 0. The number of carbonyl (C=O) groups is 1. The van der Waals surface area contributed by atoms with Crippen LogP contribution in [0.25, 0.3) is 17.6 Å². The summed E-state index contributed by atoms with van der Waals surface area (Å²) in [5.74, 6) is -1.62. The maximum absolute atomic E-state index is 13.1. The zero-order valence-corrected chi connectivity index (χ0v) is 17.5. The largest absolute Gasteiger partial charge is 0.417 e. The van der Waals surface area contributed by atoms with Crippen molar-refractivity contribution in [1.82, 2.24) is 14.5 Å². The number of sulfone groups is 1. The van der Waals surface area contributed by atoms with E-state index in [9.17, 15) is 39.6 Å². The Kier molecular flexibility index (Phi) is 6.41. The SMILES string of the molecule is CCS(=O)(=O)c1cc(C(F)(F)F)cnc1-c1nc(/C=C(\C)C(F)(F)F)c(C(C)=O)n1C. The van der Waals surface area contributed by atoms with E-state index in [1.165, 1.54) is 14.0 Å². The van der Waals surface area contributed by atoms with Crippen molar-refractivity contribution in [3.05, 3.63) is 34.8 Å². The average Bonchev–Trinajstić information content (AvgIpc) is 2.95.